The molecule has 0 N–H and O–H groups in total. The number of ether oxygens (including phenoxy) is 2. The van der Waals surface area contributed by atoms with Gasteiger partial charge in [-0.1, -0.05) is 84.8 Å². The Morgan fingerprint density at radius 2 is 1.03 bits per heavy atom. The van der Waals surface area contributed by atoms with Gasteiger partial charge in [0.15, 0.2) is 37.0 Å². The molecule has 33 heavy (non-hydrogen) atoms. The third-order valence-corrected chi connectivity index (χ3v) is 10.00. The fourth-order valence-corrected chi connectivity index (χ4v) is 6.97. The standard InChI is InChI=1S/C27H40N2O2Si2/c1-32(2,3)19-11-17-28-21-23-13-7-9-15-25(23)30-27(28)29(18-12-20-33(4,5)6)22-24-14-8-10-16-26(24)31-27/h7-10,13-16,21-22H,11-12,17-20H2,1-6H3/q+2. The second kappa shape index (κ2) is 9.22. The van der Waals surface area contributed by atoms with E-state index in [0.717, 1.165) is 48.6 Å². The number of hydrogen-bond donors (Lipinski definition) is 0. The average Bonchev–Trinajstić information content (AvgIpc) is 2.73. The molecule has 6 heteroatoms. The van der Waals surface area contributed by atoms with Gasteiger partial charge in [0, 0.05) is 29.0 Å². The molecule has 2 aliphatic rings. The zero-order chi connectivity index (χ0) is 23.7. The Kier molecular flexibility index (Phi) is 6.69. The largest absolute Gasteiger partial charge is 0.703 e. The molecule has 2 aromatic rings. The third-order valence-electron chi connectivity index (χ3n) is 6.29. The lowest BCUT2D eigenvalue weighted by atomic mass is 10.1. The molecule has 0 radical (unpaired) electrons. The molecule has 2 aromatic carbocycles. The quantitative estimate of drug-likeness (QED) is 0.337. The van der Waals surface area contributed by atoms with Crippen LogP contribution in [0.25, 0.3) is 0 Å². The maximum Gasteiger partial charge on any atom is 0.703 e. The van der Waals surface area contributed by atoms with Gasteiger partial charge >= 0.3 is 6.03 Å². The number of nitrogens with zero attached hydrogens (tertiary/aromatic N) is 2. The maximum absolute atomic E-state index is 6.80. The van der Waals surface area contributed by atoms with Gasteiger partial charge in [-0.3, -0.25) is 0 Å². The molecule has 0 saturated carbocycles. The van der Waals surface area contributed by atoms with Crippen molar-refractivity contribution in [2.75, 3.05) is 13.1 Å². The average molecular weight is 481 g/mol. The predicted molar refractivity (Wildman–Crippen MR) is 143 cm³/mol. The molecule has 176 valence electrons. The van der Waals surface area contributed by atoms with Crippen molar-refractivity contribution in [3.63, 3.8) is 0 Å². The molecule has 0 bridgehead atoms. The van der Waals surface area contributed by atoms with Gasteiger partial charge in [0.25, 0.3) is 0 Å². The summed E-state index contributed by atoms with van der Waals surface area (Å²) in [5.74, 6) is 1.75. The van der Waals surface area contributed by atoms with E-state index in [9.17, 15) is 0 Å². The van der Waals surface area contributed by atoms with E-state index in [1.807, 2.05) is 12.1 Å². The molecule has 0 saturated heterocycles. The van der Waals surface area contributed by atoms with Gasteiger partial charge in [0.2, 0.25) is 0 Å². The Hall–Kier alpha value is -2.19. The maximum atomic E-state index is 6.80. The highest BCUT2D eigenvalue weighted by Crippen LogP contribution is 2.35. The van der Waals surface area contributed by atoms with E-state index < -0.39 is 22.2 Å². The van der Waals surface area contributed by atoms with Crippen LogP contribution in [0.5, 0.6) is 11.5 Å². The van der Waals surface area contributed by atoms with E-state index in [4.69, 9.17) is 9.47 Å². The highest BCUT2D eigenvalue weighted by molar-refractivity contribution is 6.76. The number of para-hydroxylation sites is 2. The Morgan fingerprint density at radius 3 is 1.42 bits per heavy atom. The predicted octanol–water partition coefficient (Wildman–Crippen LogP) is 6.10. The van der Waals surface area contributed by atoms with Crippen molar-refractivity contribution in [3.05, 3.63) is 59.7 Å². The molecule has 0 fully saturated rings. The van der Waals surface area contributed by atoms with Gasteiger partial charge in [-0.05, 0) is 24.3 Å². The Balaban J connectivity index is 1.74. The fourth-order valence-electron chi connectivity index (χ4n) is 4.54. The van der Waals surface area contributed by atoms with Crippen molar-refractivity contribution in [2.24, 2.45) is 0 Å². The fraction of sp³-hybridized carbons (Fsp3) is 0.481. The summed E-state index contributed by atoms with van der Waals surface area (Å²) in [6.45, 7) is 16.5. The molecule has 1 spiro atoms. The normalized spacial score (nSPS) is 16.8. The topological polar surface area (TPSA) is 24.5 Å². The molecular weight excluding hydrogens is 440 g/mol. The van der Waals surface area contributed by atoms with Gasteiger partial charge in [-0.2, -0.15) is 0 Å². The second-order valence-corrected chi connectivity index (χ2v) is 23.0. The zero-order valence-corrected chi connectivity index (χ0v) is 23.2. The van der Waals surface area contributed by atoms with Crippen molar-refractivity contribution in [1.29, 1.82) is 0 Å². The first-order chi connectivity index (χ1) is 15.6. The van der Waals surface area contributed by atoms with Gasteiger partial charge in [-0.15, -0.1) is 0 Å². The van der Waals surface area contributed by atoms with Crippen LogP contribution >= 0.6 is 0 Å². The molecule has 4 rings (SSSR count). The number of fused-ring (bicyclic) bond motifs is 2. The van der Waals surface area contributed by atoms with Crippen LogP contribution in [0.4, 0.5) is 0 Å². The summed E-state index contributed by atoms with van der Waals surface area (Å²) in [5.41, 5.74) is 2.22. The molecule has 0 aliphatic carbocycles. The van der Waals surface area contributed by atoms with Crippen molar-refractivity contribution in [3.8, 4) is 11.5 Å². The van der Waals surface area contributed by atoms with Crippen molar-refractivity contribution < 1.29 is 18.6 Å². The lowest BCUT2D eigenvalue weighted by molar-refractivity contribution is -0.908. The molecule has 4 nitrogen and oxygen atoms in total. The van der Waals surface area contributed by atoms with Gasteiger partial charge in [0.05, 0.1) is 11.1 Å². The zero-order valence-electron chi connectivity index (χ0n) is 21.2. The van der Waals surface area contributed by atoms with Gasteiger partial charge in [-0.25, -0.2) is 0 Å². The Labute approximate surface area is 201 Å². The first-order valence-electron chi connectivity index (χ1n) is 12.4. The molecule has 0 atom stereocenters. The van der Waals surface area contributed by atoms with Crippen LogP contribution in [0.15, 0.2) is 48.5 Å². The minimum Gasteiger partial charge on any atom is -0.341 e. The van der Waals surface area contributed by atoms with Crippen molar-refractivity contribution >= 4 is 28.6 Å². The van der Waals surface area contributed by atoms with Gasteiger partial charge < -0.3 is 9.47 Å². The van der Waals surface area contributed by atoms with E-state index in [-0.39, 0.29) is 0 Å². The van der Waals surface area contributed by atoms with Crippen LogP contribution in [-0.2, 0) is 0 Å². The van der Waals surface area contributed by atoms with E-state index in [1.54, 1.807) is 0 Å². The first-order valence-corrected chi connectivity index (χ1v) is 19.8. The summed E-state index contributed by atoms with van der Waals surface area (Å²) in [6, 6.07) is 18.2. The molecule has 0 unspecified atom stereocenters. The third kappa shape index (κ3) is 5.66. The summed E-state index contributed by atoms with van der Waals surface area (Å²) >= 11 is 0. The monoisotopic (exact) mass is 480 g/mol. The summed E-state index contributed by atoms with van der Waals surface area (Å²) < 4.78 is 18.2. The molecule has 2 aliphatic heterocycles. The van der Waals surface area contributed by atoms with E-state index >= 15 is 0 Å². The van der Waals surface area contributed by atoms with Crippen LogP contribution in [0.2, 0.25) is 51.4 Å². The molecule has 0 amide bonds. The lowest BCUT2D eigenvalue weighted by Gasteiger charge is -2.32. The van der Waals surface area contributed by atoms with E-state index in [1.165, 1.54) is 12.1 Å². The second-order valence-electron chi connectivity index (χ2n) is 11.8. The molecule has 2 heterocycles. The summed E-state index contributed by atoms with van der Waals surface area (Å²) in [7, 11) is -2.26. The lowest BCUT2D eigenvalue weighted by Crippen LogP contribution is -2.64. The van der Waals surface area contributed by atoms with E-state index in [0.29, 0.717) is 0 Å². The SMILES string of the molecule is C[Si](C)(C)CCC[N+]1=Cc2ccccc2OC12Oc1ccccc1C=[N+]2CCC[Si](C)(C)C. The minimum absolute atomic E-state index is 0.877. The van der Waals surface area contributed by atoms with Crippen molar-refractivity contribution in [2.45, 2.75) is 70.2 Å². The van der Waals surface area contributed by atoms with E-state index in [2.05, 4.69) is 97.3 Å². The van der Waals surface area contributed by atoms with Crippen LogP contribution in [-0.4, -0.2) is 56.9 Å². The molecule has 0 aromatic heterocycles. The van der Waals surface area contributed by atoms with Gasteiger partial charge in [0.1, 0.15) is 0 Å². The van der Waals surface area contributed by atoms with Crippen molar-refractivity contribution in [1.82, 2.24) is 0 Å². The summed E-state index contributed by atoms with van der Waals surface area (Å²) in [4.78, 5) is 0. The number of benzene rings is 2. The number of rotatable bonds is 8. The van der Waals surface area contributed by atoms with Crippen LogP contribution in [0.1, 0.15) is 24.0 Å². The van der Waals surface area contributed by atoms with Crippen LogP contribution < -0.4 is 9.47 Å². The summed E-state index contributed by atoms with van der Waals surface area (Å²) in [5, 5.41) is 0. The highest BCUT2D eigenvalue weighted by Gasteiger charge is 2.63. The smallest absolute Gasteiger partial charge is 0.341 e. The first kappa shape index (κ1) is 24.0. The van der Waals surface area contributed by atoms with Crippen LogP contribution in [0, 0.1) is 0 Å². The minimum atomic E-state index is -1.13. The number of hydrogen-bond acceptors (Lipinski definition) is 2. The Morgan fingerprint density at radius 1 is 0.636 bits per heavy atom. The molecular formula is C27H40N2O2Si2+2. The summed E-state index contributed by atoms with van der Waals surface area (Å²) in [6.07, 6.45) is 6.76. The Bertz CT molecular complexity index is 979. The highest BCUT2D eigenvalue weighted by atomic mass is 28.3. The van der Waals surface area contributed by atoms with Crippen LogP contribution in [0.3, 0.4) is 0 Å².